The second-order valence-electron chi connectivity index (χ2n) is 3.12. The fourth-order valence-corrected chi connectivity index (χ4v) is 1.28. The van der Waals surface area contributed by atoms with Crippen LogP contribution in [0.15, 0.2) is 12.2 Å². The highest BCUT2D eigenvalue weighted by molar-refractivity contribution is 5.81. The fraction of sp³-hybridized carbons (Fsp3) is 0.700. The van der Waals surface area contributed by atoms with E-state index in [-0.39, 0.29) is 5.97 Å². The molecule has 0 aromatic rings. The van der Waals surface area contributed by atoms with Gasteiger partial charge >= 0.3 is 5.97 Å². The molecule has 0 spiro atoms. The Kier molecular flexibility index (Phi) is 5.25. The third-order valence-electron chi connectivity index (χ3n) is 2.06. The first-order valence-electron chi connectivity index (χ1n) is 4.92. The second kappa shape index (κ2) is 6.56. The van der Waals surface area contributed by atoms with Gasteiger partial charge < -0.3 is 9.47 Å². The average Bonchev–Trinajstić information content (AvgIpc) is 2.20. The van der Waals surface area contributed by atoms with Gasteiger partial charge in [0, 0.05) is 25.7 Å². The van der Waals surface area contributed by atoms with E-state index in [9.17, 15) is 4.79 Å². The Bertz CT molecular complexity index is 198. The zero-order valence-corrected chi connectivity index (χ0v) is 8.57. The Morgan fingerprint density at radius 1 is 1.50 bits per heavy atom. The molecule has 0 aromatic carbocycles. The first-order valence-corrected chi connectivity index (χ1v) is 4.92. The first kappa shape index (κ1) is 11.2. The number of hydrogen-bond acceptors (Lipinski definition) is 4. The van der Waals surface area contributed by atoms with Crippen LogP contribution < -0.4 is 0 Å². The molecule has 0 N–H and O–H groups in total. The predicted molar refractivity (Wildman–Crippen MR) is 53.0 cm³/mol. The monoisotopic (exact) mass is 199 g/mol. The Balaban J connectivity index is 2.05. The molecule has 0 unspecified atom stereocenters. The lowest BCUT2D eigenvalue weighted by Crippen LogP contribution is -2.38. The van der Waals surface area contributed by atoms with Crippen LogP contribution in [0.2, 0.25) is 0 Å². The number of morpholine rings is 1. The van der Waals surface area contributed by atoms with Crippen LogP contribution in [-0.2, 0) is 14.3 Å². The minimum atomic E-state index is -0.263. The molecule has 0 aliphatic carbocycles. The smallest absolute Gasteiger partial charge is 0.330 e. The summed E-state index contributed by atoms with van der Waals surface area (Å²) in [6.07, 6.45) is 3.11. The van der Waals surface area contributed by atoms with Gasteiger partial charge in [-0.3, -0.25) is 4.90 Å². The highest BCUT2D eigenvalue weighted by atomic mass is 16.5. The molecule has 14 heavy (non-hydrogen) atoms. The quantitative estimate of drug-likeness (QED) is 0.486. The Morgan fingerprint density at radius 3 is 2.86 bits per heavy atom. The van der Waals surface area contributed by atoms with Crippen LogP contribution in [0, 0.1) is 0 Å². The van der Waals surface area contributed by atoms with Gasteiger partial charge in [0.2, 0.25) is 0 Å². The molecule has 0 radical (unpaired) electrons. The van der Waals surface area contributed by atoms with Gasteiger partial charge in [-0.2, -0.15) is 0 Å². The molecule has 0 saturated carbocycles. The van der Waals surface area contributed by atoms with Crippen LogP contribution in [-0.4, -0.2) is 50.3 Å². The molecule has 4 heteroatoms. The summed E-state index contributed by atoms with van der Waals surface area (Å²) in [6.45, 7) is 6.48. The van der Waals surface area contributed by atoms with Crippen LogP contribution >= 0.6 is 0 Å². The fourth-order valence-electron chi connectivity index (χ4n) is 1.28. The van der Waals surface area contributed by atoms with Gasteiger partial charge in [-0.15, -0.1) is 0 Å². The van der Waals surface area contributed by atoms with Crippen molar-refractivity contribution in [2.75, 3.05) is 39.5 Å². The van der Waals surface area contributed by atoms with E-state index in [2.05, 4.69) is 4.90 Å². The van der Waals surface area contributed by atoms with Crippen LogP contribution in [0.3, 0.4) is 0 Å². The summed E-state index contributed by atoms with van der Waals surface area (Å²) in [5, 5.41) is 0. The van der Waals surface area contributed by atoms with Crippen molar-refractivity contribution in [3.8, 4) is 0 Å². The maximum Gasteiger partial charge on any atom is 0.330 e. The number of carbonyl (C=O) groups is 1. The number of esters is 1. The third kappa shape index (κ3) is 4.39. The summed E-state index contributed by atoms with van der Waals surface area (Å²) < 4.78 is 10.2. The van der Waals surface area contributed by atoms with E-state index < -0.39 is 0 Å². The first-order chi connectivity index (χ1) is 6.83. The molecule has 1 heterocycles. The van der Waals surface area contributed by atoms with Crippen molar-refractivity contribution in [1.82, 2.24) is 4.90 Å². The van der Waals surface area contributed by atoms with Gasteiger partial charge in [0.05, 0.1) is 13.2 Å². The molecule has 0 bridgehead atoms. The standard InChI is InChI=1S/C10H17NO3/c1-2-3-10(12)14-9-6-11-4-7-13-8-5-11/h2-3H,4-9H2,1H3. The van der Waals surface area contributed by atoms with E-state index in [1.165, 1.54) is 6.08 Å². The summed E-state index contributed by atoms with van der Waals surface area (Å²) in [6, 6.07) is 0. The Hall–Kier alpha value is -0.870. The zero-order valence-electron chi connectivity index (χ0n) is 8.57. The molecular weight excluding hydrogens is 182 g/mol. The van der Waals surface area contributed by atoms with Gasteiger partial charge in [0.15, 0.2) is 0 Å². The highest BCUT2D eigenvalue weighted by Gasteiger charge is 2.09. The molecule has 80 valence electrons. The van der Waals surface area contributed by atoms with Gasteiger partial charge in [0.25, 0.3) is 0 Å². The number of rotatable bonds is 4. The SMILES string of the molecule is CC=CC(=O)OCCN1CCOCC1. The van der Waals surface area contributed by atoms with E-state index in [0.717, 1.165) is 32.8 Å². The molecule has 1 aliphatic rings. The number of carbonyl (C=O) groups excluding carboxylic acids is 1. The van der Waals surface area contributed by atoms with Crippen LogP contribution in [0.4, 0.5) is 0 Å². The van der Waals surface area contributed by atoms with Crippen molar-refractivity contribution in [1.29, 1.82) is 0 Å². The third-order valence-corrected chi connectivity index (χ3v) is 2.06. The molecule has 1 aliphatic heterocycles. The van der Waals surface area contributed by atoms with Gasteiger partial charge in [-0.1, -0.05) is 6.08 Å². The predicted octanol–water partition coefficient (Wildman–Crippen LogP) is 0.438. The maximum absolute atomic E-state index is 10.9. The molecular formula is C10H17NO3. The lowest BCUT2D eigenvalue weighted by Gasteiger charge is -2.25. The lowest BCUT2D eigenvalue weighted by atomic mass is 10.4. The van der Waals surface area contributed by atoms with Gasteiger partial charge in [0.1, 0.15) is 6.61 Å². The number of allylic oxidation sites excluding steroid dienone is 1. The minimum Gasteiger partial charge on any atom is -0.461 e. The molecule has 0 aromatic heterocycles. The van der Waals surface area contributed by atoms with Crippen molar-refractivity contribution in [2.45, 2.75) is 6.92 Å². The maximum atomic E-state index is 10.9. The summed E-state index contributed by atoms with van der Waals surface area (Å²) in [5.74, 6) is -0.263. The van der Waals surface area contributed by atoms with E-state index >= 15 is 0 Å². The van der Waals surface area contributed by atoms with E-state index in [1.54, 1.807) is 13.0 Å². The largest absolute Gasteiger partial charge is 0.461 e. The minimum absolute atomic E-state index is 0.263. The van der Waals surface area contributed by atoms with Crippen LogP contribution in [0.25, 0.3) is 0 Å². The summed E-state index contributed by atoms with van der Waals surface area (Å²) in [7, 11) is 0. The Labute approximate surface area is 84.5 Å². The van der Waals surface area contributed by atoms with E-state index in [1.807, 2.05) is 0 Å². The van der Waals surface area contributed by atoms with E-state index in [4.69, 9.17) is 9.47 Å². The molecule has 0 atom stereocenters. The van der Waals surface area contributed by atoms with Crippen LogP contribution in [0.1, 0.15) is 6.92 Å². The summed E-state index contributed by atoms with van der Waals surface area (Å²) >= 11 is 0. The Morgan fingerprint density at radius 2 is 2.21 bits per heavy atom. The number of hydrogen-bond donors (Lipinski definition) is 0. The molecule has 0 amide bonds. The second-order valence-corrected chi connectivity index (χ2v) is 3.12. The van der Waals surface area contributed by atoms with Crippen molar-refractivity contribution in [3.63, 3.8) is 0 Å². The normalized spacial score (nSPS) is 18.6. The van der Waals surface area contributed by atoms with Crippen molar-refractivity contribution in [3.05, 3.63) is 12.2 Å². The number of ether oxygens (including phenoxy) is 2. The molecule has 1 rings (SSSR count). The zero-order chi connectivity index (χ0) is 10.2. The average molecular weight is 199 g/mol. The van der Waals surface area contributed by atoms with Gasteiger partial charge in [-0.25, -0.2) is 4.79 Å². The van der Waals surface area contributed by atoms with Crippen molar-refractivity contribution in [2.24, 2.45) is 0 Å². The molecule has 1 fully saturated rings. The molecule has 1 saturated heterocycles. The van der Waals surface area contributed by atoms with Crippen molar-refractivity contribution >= 4 is 5.97 Å². The topological polar surface area (TPSA) is 38.8 Å². The number of nitrogens with zero attached hydrogens (tertiary/aromatic N) is 1. The molecule has 4 nitrogen and oxygen atoms in total. The summed E-state index contributed by atoms with van der Waals surface area (Å²) in [4.78, 5) is 13.2. The lowest BCUT2D eigenvalue weighted by molar-refractivity contribution is -0.138. The van der Waals surface area contributed by atoms with Crippen molar-refractivity contribution < 1.29 is 14.3 Å². The van der Waals surface area contributed by atoms with Gasteiger partial charge in [-0.05, 0) is 6.92 Å². The van der Waals surface area contributed by atoms with E-state index in [0.29, 0.717) is 6.61 Å². The van der Waals surface area contributed by atoms with Crippen LogP contribution in [0.5, 0.6) is 0 Å². The summed E-state index contributed by atoms with van der Waals surface area (Å²) in [5.41, 5.74) is 0. The highest BCUT2D eigenvalue weighted by Crippen LogP contribution is 1.96.